The van der Waals surface area contributed by atoms with Crippen LogP contribution < -0.4 is 10.1 Å². The lowest BCUT2D eigenvalue weighted by Crippen LogP contribution is -2.27. The first-order valence-electron chi connectivity index (χ1n) is 7.13. The summed E-state index contributed by atoms with van der Waals surface area (Å²) in [7, 11) is 1.51. The number of hydrogen-bond acceptors (Lipinski definition) is 5. The van der Waals surface area contributed by atoms with E-state index in [0.717, 1.165) is 12.0 Å². The summed E-state index contributed by atoms with van der Waals surface area (Å²) in [6, 6.07) is 11.5. The second-order valence-electron chi connectivity index (χ2n) is 5.04. The second kappa shape index (κ2) is 6.53. The largest absolute Gasteiger partial charge is 0.481 e. The van der Waals surface area contributed by atoms with Crippen molar-refractivity contribution in [2.45, 2.75) is 25.0 Å². The van der Waals surface area contributed by atoms with Crippen LogP contribution in [0.25, 0.3) is 0 Å². The highest BCUT2D eigenvalue weighted by atomic mass is 16.5. The Morgan fingerprint density at radius 2 is 2.09 bits per heavy atom. The van der Waals surface area contributed by atoms with E-state index in [1.807, 2.05) is 30.3 Å². The molecule has 3 rings (SSSR count). The Kier molecular flexibility index (Phi) is 4.29. The quantitative estimate of drug-likeness (QED) is 0.938. The minimum absolute atomic E-state index is 0.0307. The minimum Gasteiger partial charge on any atom is -0.481 e. The summed E-state index contributed by atoms with van der Waals surface area (Å²) in [5.74, 6) is 0.614. The molecule has 2 aromatic rings. The van der Waals surface area contributed by atoms with Gasteiger partial charge in [-0.25, -0.2) is 9.97 Å². The molecule has 1 fully saturated rings. The van der Waals surface area contributed by atoms with Crippen molar-refractivity contribution in [1.29, 1.82) is 0 Å². The van der Waals surface area contributed by atoms with Crippen molar-refractivity contribution in [3.05, 3.63) is 48.3 Å². The van der Waals surface area contributed by atoms with E-state index in [2.05, 4.69) is 15.3 Å². The number of nitrogens with one attached hydrogen (secondary N) is 1. The van der Waals surface area contributed by atoms with Gasteiger partial charge in [0, 0.05) is 6.07 Å². The minimum atomic E-state index is -0.467. The lowest BCUT2D eigenvalue weighted by Gasteiger charge is -2.14. The number of rotatable bonds is 4. The maximum absolute atomic E-state index is 12.3. The van der Waals surface area contributed by atoms with Crippen LogP contribution in [0, 0.1) is 0 Å². The van der Waals surface area contributed by atoms with Crippen molar-refractivity contribution in [2.75, 3.05) is 12.4 Å². The van der Waals surface area contributed by atoms with E-state index >= 15 is 0 Å². The van der Waals surface area contributed by atoms with E-state index < -0.39 is 6.10 Å². The van der Waals surface area contributed by atoms with E-state index in [9.17, 15) is 4.79 Å². The maximum atomic E-state index is 12.3. The molecule has 2 heterocycles. The maximum Gasteiger partial charge on any atom is 0.254 e. The molecule has 1 aromatic heterocycles. The normalized spacial score (nSPS) is 20.6. The SMILES string of the molecule is COc1cc(NC(=O)[C@H]2CC[C@@H](c3ccccc3)O2)ncn1. The number of ether oxygens (including phenoxy) is 2. The highest BCUT2D eigenvalue weighted by Gasteiger charge is 2.31. The first-order chi connectivity index (χ1) is 10.8. The fourth-order valence-corrected chi connectivity index (χ4v) is 2.47. The molecule has 6 heteroatoms. The number of hydrogen-bond donors (Lipinski definition) is 1. The molecular weight excluding hydrogens is 282 g/mol. The van der Waals surface area contributed by atoms with Crippen molar-refractivity contribution >= 4 is 11.7 Å². The van der Waals surface area contributed by atoms with E-state index in [0.29, 0.717) is 18.1 Å². The third-order valence-electron chi connectivity index (χ3n) is 3.59. The van der Waals surface area contributed by atoms with E-state index in [1.54, 1.807) is 6.07 Å². The van der Waals surface area contributed by atoms with Gasteiger partial charge >= 0.3 is 0 Å². The molecule has 1 amide bonds. The van der Waals surface area contributed by atoms with Crippen molar-refractivity contribution in [1.82, 2.24) is 9.97 Å². The molecule has 0 aliphatic carbocycles. The molecule has 1 aromatic carbocycles. The van der Waals surface area contributed by atoms with Crippen LogP contribution in [0.3, 0.4) is 0 Å². The highest BCUT2D eigenvalue weighted by molar-refractivity contribution is 5.93. The standard InChI is InChI=1S/C16H17N3O3/c1-21-15-9-14(17-10-18-15)19-16(20)13-8-7-12(22-13)11-5-3-2-4-6-11/h2-6,9-10,12-13H,7-8H2,1H3,(H,17,18,19,20)/t12-,13+/m0/s1. The molecule has 1 aliphatic heterocycles. The van der Waals surface area contributed by atoms with E-state index in [-0.39, 0.29) is 12.0 Å². The third-order valence-corrected chi connectivity index (χ3v) is 3.59. The molecule has 1 saturated heterocycles. The van der Waals surface area contributed by atoms with E-state index in [4.69, 9.17) is 9.47 Å². The zero-order chi connectivity index (χ0) is 15.4. The smallest absolute Gasteiger partial charge is 0.254 e. The van der Waals surface area contributed by atoms with Crippen molar-refractivity contribution in [3.8, 4) is 5.88 Å². The van der Waals surface area contributed by atoms with Crippen LogP contribution in [-0.4, -0.2) is 29.1 Å². The number of carbonyl (C=O) groups excluding carboxylic acids is 1. The Bertz CT molecular complexity index is 648. The Morgan fingerprint density at radius 1 is 1.27 bits per heavy atom. The molecule has 0 bridgehead atoms. The van der Waals surface area contributed by atoms with Gasteiger partial charge in [-0.2, -0.15) is 0 Å². The highest BCUT2D eigenvalue weighted by Crippen LogP contribution is 2.32. The number of carbonyl (C=O) groups is 1. The van der Waals surface area contributed by atoms with Crippen LogP contribution in [0.4, 0.5) is 5.82 Å². The van der Waals surface area contributed by atoms with Gasteiger partial charge in [-0.15, -0.1) is 0 Å². The first kappa shape index (κ1) is 14.5. The average molecular weight is 299 g/mol. The van der Waals surface area contributed by atoms with Crippen LogP contribution in [0.5, 0.6) is 5.88 Å². The van der Waals surface area contributed by atoms with Gasteiger partial charge in [0.15, 0.2) is 0 Å². The predicted octanol–water partition coefficient (Wildman–Crippen LogP) is 2.34. The Morgan fingerprint density at radius 3 is 2.86 bits per heavy atom. The van der Waals surface area contributed by atoms with Gasteiger partial charge in [-0.05, 0) is 18.4 Å². The Hall–Kier alpha value is -2.47. The van der Waals surface area contributed by atoms with Gasteiger partial charge in [-0.1, -0.05) is 30.3 Å². The summed E-state index contributed by atoms with van der Waals surface area (Å²) < 4.78 is 10.9. The number of nitrogens with zero attached hydrogens (tertiary/aromatic N) is 2. The van der Waals surface area contributed by atoms with Crippen molar-refractivity contribution in [3.63, 3.8) is 0 Å². The number of amides is 1. The summed E-state index contributed by atoms with van der Waals surface area (Å²) in [4.78, 5) is 20.1. The fraction of sp³-hybridized carbons (Fsp3) is 0.312. The topological polar surface area (TPSA) is 73.3 Å². The van der Waals surface area contributed by atoms with E-state index in [1.165, 1.54) is 13.4 Å². The molecule has 0 spiro atoms. The molecule has 6 nitrogen and oxygen atoms in total. The predicted molar refractivity (Wildman–Crippen MR) is 80.5 cm³/mol. The number of methoxy groups -OCH3 is 1. The van der Waals surface area contributed by atoms with Gasteiger partial charge in [0.2, 0.25) is 5.88 Å². The number of anilines is 1. The number of benzene rings is 1. The molecule has 0 radical (unpaired) electrons. The molecule has 0 unspecified atom stereocenters. The monoisotopic (exact) mass is 299 g/mol. The third kappa shape index (κ3) is 3.23. The summed E-state index contributed by atoms with van der Waals surface area (Å²) in [5, 5.41) is 2.74. The Labute approximate surface area is 128 Å². The lowest BCUT2D eigenvalue weighted by atomic mass is 10.1. The summed E-state index contributed by atoms with van der Waals surface area (Å²) >= 11 is 0. The second-order valence-corrected chi connectivity index (χ2v) is 5.04. The molecule has 1 aliphatic rings. The van der Waals surface area contributed by atoms with Gasteiger partial charge in [0.1, 0.15) is 18.2 Å². The molecule has 22 heavy (non-hydrogen) atoms. The van der Waals surface area contributed by atoms with Crippen LogP contribution in [0.2, 0.25) is 0 Å². The first-order valence-corrected chi connectivity index (χ1v) is 7.13. The van der Waals surface area contributed by atoms with Gasteiger partial charge in [0.05, 0.1) is 13.2 Å². The van der Waals surface area contributed by atoms with Gasteiger partial charge < -0.3 is 14.8 Å². The molecule has 1 N–H and O–H groups in total. The van der Waals surface area contributed by atoms with Gasteiger partial charge in [0.25, 0.3) is 5.91 Å². The van der Waals surface area contributed by atoms with Gasteiger partial charge in [-0.3, -0.25) is 4.79 Å². The fourth-order valence-electron chi connectivity index (χ4n) is 2.47. The van der Waals surface area contributed by atoms with Crippen LogP contribution in [0.1, 0.15) is 24.5 Å². The lowest BCUT2D eigenvalue weighted by molar-refractivity contribution is -0.126. The summed E-state index contributed by atoms with van der Waals surface area (Å²) in [6.07, 6.45) is 2.36. The van der Waals surface area contributed by atoms with Crippen LogP contribution >= 0.6 is 0 Å². The zero-order valence-corrected chi connectivity index (χ0v) is 12.2. The number of aromatic nitrogens is 2. The molecular formula is C16H17N3O3. The van der Waals surface area contributed by atoms with Crippen molar-refractivity contribution < 1.29 is 14.3 Å². The molecule has 0 saturated carbocycles. The molecule has 114 valence electrons. The average Bonchev–Trinajstić information content (AvgIpc) is 3.06. The van der Waals surface area contributed by atoms with Crippen LogP contribution in [0.15, 0.2) is 42.7 Å². The van der Waals surface area contributed by atoms with Crippen molar-refractivity contribution in [2.24, 2.45) is 0 Å². The summed E-state index contributed by atoms with van der Waals surface area (Å²) in [5.41, 5.74) is 1.10. The Balaban J connectivity index is 1.62. The summed E-state index contributed by atoms with van der Waals surface area (Å²) in [6.45, 7) is 0. The zero-order valence-electron chi connectivity index (χ0n) is 12.2. The molecule has 2 atom stereocenters. The van der Waals surface area contributed by atoms with Crippen LogP contribution in [-0.2, 0) is 9.53 Å².